The Morgan fingerprint density at radius 3 is 2.92 bits per heavy atom. The Bertz CT molecular complexity index is 305. The van der Waals surface area contributed by atoms with Gasteiger partial charge >= 0.3 is 0 Å². The summed E-state index contributed by atoms with van der Waals surface area (Å²) in [7, 11) is 1.56. The number of rotatable bonds is 3. The number of amides is 1. The summed E-state index contributed by atoms with van der Waals surface area (Å²) in [6.07, 6.45) is 1.75. The Morgan fingerprint density at radius 2 is 2.38 bits per heavy atom. The second-order valence-electron chi connectivity index (χ2n) is 2.79. The minimum absolute atomic E-state index is 0.229. The highest BCUT2D eigenvalue weighted by atomic mass is 16.1. The van der Waals surface area contributed by atoms with Crippen LogP contribution in [-0.2, 0) is 6.42 Å². The van der Waals surface area contributed by atoms with Gasteiger partial charge in [-0.2, -0.15) is 5.10 Å². The molecular weight excluding hydrogens is 168 g/mol. The van der Waals surface area contributed by atoms with Gasteiger partial charge in [0.2, 0.25) is 0 Å². The number of aromatic amines is 1. The van der Waals surface area contributed by atoms with Crippen molar-refractivity contribution >= 4 is 11.6 Å². The van der Waals surface area contributed by atoms with Crippen molar-refractivity contribution in [2.24, 2.45) is 0 Å². The van der Waals surface area contributed by atoms with E-state index < -0.39 is 0 Å². The van der Waals surface area contributed by atoms with E-state index in [0.29, 0.717) is 11.4 Å². The van der Waals surface area contributed by atoms with Crippen LogP contribution in [0.2, 0.25) is 0 Å². The lowest BCUT2D eigenvalue weighted by atomic mass is 10.2. The van der Waals surface area contributed by atoms with Crippen LogP contribution in [0.15, 0.2) is 0 Å². The van der Waals surface area contributed by atoms with Gasteiger partial charge in [0, 0.05) is 7.05 Å². The molecule has 1 heterocycles. The number of hydrogen-bond donors (Lipinski definition) is 3. The fourth-order valence-corrected chi connectivity index (χ4v) is 1.11. The summed E-state index contributed by atoms with van der Waals surface area (Å²) in [6.45, 7) is 2.04. The van der Waals surface area contributed by atoms with Gasteiger partial charge < -0.3 is 11.1 Å². The summed E-state index contributed by atoms with van der Waals surface area (Å²) in [5.74, 6) is -0.229. The molecule has 1 rings (SSSR count). The topological polar surface area (TPSA) is 83.8 Å². The average molecular weight is 182 g/mol. The Balaban J connectivity index is 2.92. The summed E-state index contributed by atoms with van der Waals surface area (Å²) in [5.41, 5.74) is 7.29. The quantitative estimate of drug-likeness (QED) is 0.628. The smallest absolute Gasteiger partial charge is 0.271 e. The third kappa shape index (κ3) is 1.80. The summed E-state index contributed by atoms with van der Waals surface area (Å²) >= 11 is 0. The highest BCUT2D eigenvalue weighted by molar-refractivity contribution is 5.97. The maximum Gasteiger partial charge on any atom is 0.271 e. The normalized spacial score (nSPS) is 10.0. The van der Waals surface area contributed by atoms with Gasteiger partial charge in [-0.1, -0.05) is 13.3 Å². The fourth-order valence-electron chi connectivity index (χ4n) is 1.11. The van der Waals surface area contributed by atoms with Gasteiger partial charge in [-0.25, -0.2) is 0 Å². The van der Waals surface area contributed by atoms with E-state index in [1.807, 2.05) is 6.92 Å². The molecule has 0 fully saturated rings. The number of hydrogen-bond acceptors (Lipinski definition) is 3. The number of nitrogen functional groups attached to an aromatic ring is 1. The zero-order valence-corrected chi connectivity index (χ0v) is 7.85. The van der Waals surface area contributed by atoms with Gasteiger partial charge in [-0.15, -0.1) is 0 Å². The van der Waals surface area contributed by atoms with Crippen LogP contribution in [-0.4, -0.2) is 23.2 Å². The number of nitrogens with two attached hydrogens (primary N) is 1. The number of nitrogens with zero attached hydrogens (tertiary/aromatic N) is 1. The van der Waals surface area contributed by atoms with Crippen molar-refractivity contribution in [3.8, 4) is 0 Å². The van der Waals surface area contributed by atoms with Gasteiger partial charge in [0.1, 0.15) is 5.69 Å². The van der Waals surface area contributed by atoms with Crippen molar-refractivity contribution in [1.29, 1.82) is 0 Å². The highest BCUT2D eigenvalue weighted by Gasteiger charge is 2.14. The lowest BCUT2D eigenvalue weighted by Gasteiger charge is -1.97. The van der Waals surface area contributed by atoms with Crippen molar-refractivity contribution < 1.29 is 4.79 Å². The van der Waals surface area contributed by atoms with Crippen molar-refractivity contribution in [1.82, 2.24) is 15.5 Å². The Labute approximate surface area is 76.7 Å². The predicted molar refractivity (Wildman–Crippen MR) is 50.4 cm³/mol. The van der Waals surface area contributed by atoms with Crippen LogP contribution < -0.4 is 11.1 Å². The van der Waals surface area contributed by atoms with Crippen LogP contribution in [0.3, 0.4) is 0 Å². The first kappa shape index (κ1) is 9.57. The molecular formula is C8H14N4O. The molecule has 1 amide bonds. The van der Waals surface area contributed by atoms with Crippen LogP contribution in [0.4, 0.5) is 5.69 Å². The number of anilines is 1. The first-order chi connectivity index (χ1) is 6.20. The molecule has 0 saturated carbocycles. The molecule has 0 unspecified atom stereocenters. The van der Waals surface area contributed by atoms with Crippen LogP contribution in [0.1, 0.15) is 29.5 Å². The van der Waals surface area contributed by atoms with E-state index in [2.05, 4.69) is 15.5 Å². The largest absolute Gasteiger partial charge is 0.395 e. The molecule has 5 heteroatoms. The summed E-state index contributed by atoms with van der Waals surface area (Å²) in [5, 5.41) is 9.07. The highest BCUT2D eigenvalue weighted by Crippen LogP contribution is 2.14. The lowest BCUT2D eigenvalue weighted by molar-refractivity contribution is 0.0959. The summed E-state index contributed by atoms with van der Waals surface area (Å²) in [6, 6.07) is 0. The molecule has 5 nitrogen and oxygen atoms in total. The first-order valence-electron chi connectivity index (χ1n) is 4.25. The molecule has 4 N–H and O–H groups in total. The molecule has 0 saturated heterocycles. The molecule has 72 valence electrons. The lowest BCUT2D eigenvalue weighted by Crippen LogP contribution is -2.19. The first-order valence-corrected chi connectivity index (χ1v) is 4.25. The van der Waals surface area contributed by atoms with E-state index in [1.54, 1.807) is 7.05 Å². The molecule has 0 aromatic carbocycles. The number of aryl methyl sites for hydroxylation is 1. The SMILES string of the molecule is CCCc1n[nH]c(C(=O)NC)c1N. The molecule has 0 aliphatic carbocycles. The molecule has 1 aromatic heterocycles. The predicted octanol–water partition coefficient (Wildman–Crippen LogP) is 0.304. The van der Waals surface area contributed by atoms with Gasteiger partial charge in [0.15, 0.2) is 0 Å². The molecule has 0 aliphatic heterocycles. The molecule has 0 bridgehead atoms. The minimum atomic E-state index is -0.229. The van der Waals surface area contributed by atoms with E-state index in [9.17, 15) is 4.79 Å². The third-order valence-electron chi connectivity index (χ3n) is 1.82. The second kappa shape index (κ2) is 3.93. The second-order valence-corrected chi connectivity index (χ2v) is 2.79. The van der Waals surface area contributed by atoms with Crippen molar-refractivity contribution in [3.05, 3.63) is 11.4 Å². The van der Waals surface area contributed by atoms with Gasteiger partial charge in [-0.05, 0) is 6.42 Å². The van der Waals surface area contributed by atoms with Crippen molar-refractivity contribution in [3.63, 3.8) is 0 Å². The van der Waals surface area contributed by atoms with Gasteiger partial charge in [0.25, 0.3) is 5.91 Å². The Kier molecular flexibility index (Phi) is 2.89. The summed E-state index contributed by atoms with van der Waals surface area (Å²) in [4.78, 5) is 11.2. The van der Waals surface area contributed by atoms with Gasteiger partial charge in [0.05, 0.1) is 11.4 Å². The van der Waals surface area contributed by atoms with Crippen LogP contribution in [0.5, 0.6) is 0 Å². The van der Waals surface area contributed by atoms with E-state index >= 15 is 0 Å². The standard InChI is InChI=1S/C8H14N4O/c1-3-4-5-6(9)7(12-11-5)8(13)10-2/h3-4,9H2,1-2H3,(H,10,13)(H,11,12). The molecule has 0 aliphatic rings. The molecule has 13 heavy (non-hydrogen) atoms. The van der Waals surface area contributed by atoms with E-state index in [-0.39, 0.29) is 5.91 Å². The minimum Gasteiger partial charge on any atom is -0.395 e. The van der Waals surface area contributed by atoms with Crippen LogP contribution in [0.25, 0.3) is 0 Å². The van der Waals surface area contributed by atoms with Crippen LogP contribution >= 0.6 is 0 Å². The van der Waals surface area contributed by atoms with Crippen molar-refractivity contribution in [2.45, 2.75) is 19.8 Å². The third-order valence-corrected chi connectivity index (χ3v) is 1.82. The fraction of sp³-hybridized carbons (Fsp3) is 0.500. The molecule has 0 atom stereocenters. The number of H-pyrrole nitrogens is 1. The van der Waals surface area contributed by atoms with Crippen molar-refractivity contribution in [2.75, 3.05) is 12.8 Å². The zero-order chi connectivity index (χ0) is 9.84. The van der Waals surface area contributed by atoms with Gasteiger partial charge in [-0.3, -0.25) is 9.89 Å². The number of carbonyl (C=O) groups excluding carboxylic acids is 1. The average Bonchev–Trinajstić information content (AvgIpc) is 2.48. The zero-order valence-electron chi connectivity index (χ0n) is 7.85. The van der Waals surface area contributed by atoms with Crippen LogP contribution in [0, 0.1) is 0 Å². The molecule has 0 radical (unpaired) electrons. The monoisotopic (exact) mass is 182 g/mol. The van der Waals surface area contributed by atoms with E-state index in [0.717, 1.165) is 18.5 Å². The Morgan fingerprint density at radius 1 is 1.69 bits per heavy atom. The summed E-state index contributed by atoms with van der Waals surface area (Å²) < 4.78 is 0. The number of nitrogens with one attached hydrogen (secondary N) is 2. The van der Waals surface area contributed by atoms with E-state index in [4.69, 9.17) is 5.73 Å². The van der Waals surface area contributed by atoms with E-state index in [1.165, 1.54) is 0 Å². The number of carbonyl (C=O) groups is 1. The maximum atomic E-state index is 11.2. The molecule has 0 spiro atoms. The molecule has 1 aromatic rings. The Hall–Kier alpha value is -1.52. The maximum absolute atomic E-state index is 11.2. The number of aromatic nitrogens is 2.